The minimum Gasteiger partial charge on any atom is -0.315 e. The first-order valence-corrected chi connectivity index (χ1v) is 7.60. The van der Waals surface area contributed by atoms with Crippen molar-refractivity contribution in [1.29, 1.82) is 0 Å². The molecule has 0 aliphatic heterocycles. The van der Waals surface area contributed by atoms with Crippen molar-refractivity contribution in [2.24, 2.45) is 0 Å². The number of nitrogens with one attached hydrogen (secondary N) is 2. The van der Waals surface area contributed by atoms with E-state index < -0.39 is 9.84 Å². The highest BCUT2D eigenvalue weighted by molar-refractivity contribution is 7.92. The molecule has 0 aliphatic rings. The lowest BCUT2D eigenvalue weighted by molar-refractivity contribution is 0.581. The number of hydrogen-bond acceptors (Lipinski definition) is 5. The molecule has 0 fully saturated rings. The van der Waals surface area contributed by atoms with E-state index in [-0.39, 0.29) is 15.9 Å². The lowest BCUT2D eigenvalue weighted by atomic mass is 10.5. The van der Waals surface area contributed by atoms with Crippen LogP contribution < -0.4 is 10.2 Å². The molecule has 0 saturated carbocycles. The van der Waals surface area contributed by atoms with Crippen molar-refractivity contribution in [3.63, 3.8) is 0 Å². The van der Waals surface area contributed by atoms with Crippen LogP contribution >= 0.6 is 11.3 Å². The van der Waals surface area contributed by atoms with Crippen molar-refractivity contribution in [2.45, 2.75) is 25.6 Å². The summed E-state index contributed by atoms with van der Waals surface area (Å²) in [6.07, 6.45) is 0. The molecule has 0 aromatic carbocycles. The van der Waals surface area contributed by atoms with Gasteiger partial charge in [0.05, 0.1) is 11.0 Å². The fraction of sp³-hybridized carbons (Fsp3) is 0.667. The molecule has 0 saturated heterocycles. The third kappa shape index (κ3) is 4.07. The van der Waals surface area contributed by atoms with Gasteiger partial charge >= 0.3 is 4.87 Å². The van der Waals surface area contributed by atoms with Crippen molar-refractivity contribution in [1.82, 2.24) is 10.3 Å². The van der Waals surface area contributed by atoms with E-state index in [4.69, 9.17) is 0 Å². The number of rotatable bonds is 6. The highest BCUT2D eigenvalue weighted by atomic mass is 32.2. The largest absolute Gasteiger partial charge is 0.315 e. The summed E-state index contributed by atoms with van der Waals surface area (Å²) in [7, 11) is -2.98. The van der Waals surface area contributed by atoms with Gasteiger partial charge in [0.15, 0.2) is 9.84 Å². The first kappa shape index (κ1) is 13.4. The van der Waals surface area contributed by atoms with Gasteiger partial charge in [-0.25, -0.2) is 8.42 Å². The molecule has 5 nitrogen and oxygen atoms in total. The van der Waals surface area contributed by atoms with Gasteiger partial charge in [-0.3, -0.25) is 4.79 Å². The number of H-pyrrole nitrogens is 1. The van der Waals surface area contributed by atoms with Gasteiger partial charge in [0.1, 0.15) is 0 Å². The second-order valence-electron chi connectivity index (χ2n) is 3.77. The summed E-state index contributed by atoms with van der Waals surface area (Å²) in [6.45, 7) is 4.24. The monoisotopic (exact) mass is 264 g/mol. The summed E-state index contributed by atoms with van der Waals surface area (Å²) < 4.78 is 22.9. The van der Waals surface area contributed by atoms with Gasteiger partial charge in [-0.2, -0.15) is 0 Å². The Balaban J connectivity index is 2.30. The van der Waals surface area contributed by atoms with Crippen molar-refractivity contribution in [3.8, 4) is 0 Å². The third-order valence-corrected chi connectivity index (χ3v) is 5.10. The van der Waals surface area contributed by atoms with Crippen molar-refractivity contribution in [3.05, 3.63) is 20.7 Å². The lowest BCUT2D eigenvalue weighted by Crippen LogP contribution is -2.27. The van der Waals surface area contributed by atoms with Crippen LogP contribution in [0.3, 0.4) is 0 Å². The Hall–Kier alpha value is -0.660. The van der Waals surface area contributed by atoms with Gasteiger partial charge in [0.2, 0.25) is 0 Å². The third-order valence-electron chi connectivity index (χ3n) is 2.17. The number of aromatic amines is 1. The molecule has 0 atom stereocenters. The van der Waals surface area contributed by atoms with Gasteiger partial charge < -0.3 is 10.3 Å². The maximum atomic E-state index is 11.5. The fourth-order valence-corrected chi connectivity index (χ4v) is 2.56. The Morgan fingerprint density at radius 3 is 2.69 bits per heavy atom. The molecule has 1 aromatic heterocycles. The van der Waals surface area contributed by atoms with Crippen LogP contribution in [0.25, 0.3) is 0 Å². The number of hydrogen-bond donors (Lipinski definition) is 2. The molecule has 92 valence electrons. The molecule has 0 amide bonds. The van der Waals surface area contributed by atoms with Gasteiger partial charge in [-0.05, 0) is 13.8 Å². The molecule has 0 radical (unpaired) electrons. The van der Waals surface area contributed by atoms with Gasteiger partial charge in [0, 0.05) is 24.2 Å². The predicted octanol–water partition coefficient (Wildman–Crippen LogP) is 0.349. The molecule has 1 rings (SSSR count). The summed E-state index contributed by atoms with van der Waals surface area (Å²) in [6, 6.07) is 0. The van der Waals surface area contributed by atoms with Crippen LogP contribution in [0.4, 0.5) is 0 Å². The summed E-state index contributed by atoms with van der Waals surface area (Å²) in [5.74, 6) is 0.124. The minimum absolute atomic E-state index is 0.0911. The average molecular weight is 264 g/mol. The zero-order chi connectivity index (χ0) is 12.2. The molecule has 7 heteroatoms. The Morgan fingerprint density at radius 2 is 2.19 bits per heavy atom. The SMILES string of the molecule is CC(C)S(=O)(=O)CCNCc1csc(=O)[nH]1. The molecule has 1 heterocycles. The summed E-state index contributed by atoms with van der Waals surface area (Å²) in [5.41, 5.74) is 0.789. The molecule has 0 bridgehead atoms. The van der Waals surface area contributed by atoms with E-state index in [0.29, 0.717) is 13.1 Å². The van der Waals surface area contributed by atoms with E-state index in [9.17, 15) is 13.2 Å². The zero-order valence-corrected chi connectivity index (χ0v) is 11.0. The molecular weight excluding hydrogens is 248 g/mol. The topological polar surface area (TPSA) is 79.0 Å². The first-order chi connectivity index (χ1) is 7.42. The van der Waals surface area contributed by atoms with Crippen LogP contribution in [0.5, 0.6) is 0 Å². The van der Waals surface area contributed by atoms with Crippen LogP contribution in [0.2, 0.25) is 0 Å². The quantitative estimate of drug-likeness (QED) is 0.727. The Bertz CT molecular complexity index is 473. The van der Waals surface area contributed by atoms with Crippen LogP contribution in [-0.4, -0.2) is 30.9 Å². The normalized spacial score (nSPS) is 12.2. The smallest absolute Gasteiger partial charge is 0.304 e. The van der Waals surface area contributed by atoms with Crippen LogP contribution in [0, 0.1) is 0 Å². The van der Waals surface area contributed by atoms with Gasteiger partial charge in [-0.1, -0.05) is 11.3 Å². The molecule has 0 spiro atoms. The van der Waals surface area contributed by atoms with Crippen molar-refractivity contribution < 1.29 is 8.42 Å². The van der Waals surface area contributed by atoms with E-state index in [2.05, 4.69) is 10.3 Å². The zero-order valence-electron chi connectivity index (χ0n) is 9.32. The van der Waals surface area contributed by atoms with Gasteiger partial charge in [-0.15, -0.1) is 0 Å². The van der Waals surface area contributed by atoms with E-state index in [1.54, 1.807) is 19.2 Å². The summed E-state index contributed by atoms with van der Waals surface area (Å²) in [4.78, 5) is 13.4. The van der Waals surface area contributed by atoms with Crippen molar-refractivity contribution >= 4 is 21.2 Å². The number of sulfone groups is 1. The number of aromatic nitrogens is 1. The van der Waals surface area contributed by atoms with E-state index >= 15 is 0 Å². The Kier molecular flexibility index (Phi) is 4.69. The number of thiazole rings is 1. The second-order valence-corrected chi connectivity index (χ2v) is 7.28. The van der Waals surface area contributed by atoms with Crippen LogP contribution in [0.1, 0.15) is 19.5 Å². The van der Waals surface area contributed by atoms with Crippen LogP contribution in [-0.2, 0) is 16.4 Å². The molecular formula is C9H16N2O3S2. The summed E-state index contributed by atoms with van der Waals surface area (Å²) >= 11 is 1.10. The lowest BCUT2D eigenvalue weighted by Gasteiger charge is -2.07. The molecule has 0 aliphatic carbocycles. The second kappa shape index (κ2) is 5.60. The minimum atomic E-state index is -2.98. The van der Waals surface area contributed by atoms with Crippen LogP contribution in [0.15, 0.2) is 10.2 Å². The molecule has 16 heavy (non-hydrogen) atoms. The predicted molar refractivity (Wildman–Crippen MR) is 65.6 cm³/mol. The van der Waals surface area contributed by atoms with Gasteiger partial charge in [0.25, 0.3) is 0 Å². The summed E-state index contributed by atoms with van der Waals surface area (Å²) in [5, 5.41) is 4.37. The maximum Gasteiger partial charge on any atom is 0.304 e. The van der Waals surface area contributed by atoms with E-state index in [0.717, 1.165) is 17.0 Å². The maximum absolute atomic E-state index is 11.5. The highest BCUT2D eigenvalue weighted by Crippen LogP contribution is 1.99. The molecule has 2 N–H and O–H groups in total. The highest BCUT2D eigenvalue weighted by Gasteiger charge is 2.14. The standard InChI is InChI=1S/C9H16N2O3S2/c1-7(2)16(13,14)4-3-10-5-8-6-15-9(12)11-8/h6-7,10H,3-5H2,1-2H3,(H,11,12). The fourth-order valence-electron chi connectivity index (χ4n) is 1.07. The van der Waals surface area contributed by atoms with E-state index in [1.165, 1.54) is 0 Å². The Morgan fingerprint density at radius 1 is 1.50 bits per heavy atom. The van der Waals surface area contributed by atoms with Crippen molar-refractivity contribution in [2.75, 3.05) is 12.3 Å². The van der Waals surface area contributed by atoms with E-state index in [1.807, 2.05) is 0 Å². The Labute approximate surface area is 98.8 Å². The average Bonchev–Trinajstić information content (AvgIpc) is 2.59. The first-order valence-electron chi connectivity index (χ1n) is 5.01. The molecule has 1 aromatic rings. The molecule has 0 unspecified atom stereocenters.